The van der Waals surface area contributed by atoms with Crippen LogP contribution in [0.4, 0.5) is 4.79 Å². The molecular weight excluding hydrogens is 314 g/mol. The Balaban J connectivity index is 2.01. The van der Waals surface area contributed by atoms with Crippen molar-refractivity contribution in [1.29, 1.82) is 0 Å². The molecule has 3 amide bonds. The fourth-order valence-corrected chi connectivity index (χ4v) is 3.21. The molecule has 1 fully saturated rings. The lowest BCUT2D eigenvalue weighted by molar-refractivity contribution is -0.136. The van der Waals surface area contributed by atoms with Gasteiger partial charge < -0.3 is 15.5 Å². The van der Waals surface area contributed by atoms with Gasteiger partial charge in [-0.15, -0.1) is 0 Å². The lowest BCUT2D eigenvalue weighted by Gasteiger charge is -2.34. The maximum atomic E-state index is 13.0. The van der Waals surface area contributed by atoms with Crippen molar-refractivity contribution in [3.05, 3.63) is 42.0 Å². The van der Waals surface area contributed by atoms with Crippen LogP contribution >= 0.6 is 0 Å². The van der Waals surface area contributed by atoms with E-state index in [0.717, 1.165) is 18.4 Å². The summed E-state index contributed by atoms with van der Waals surface area (Å²) in [5, 5.41) is 0. The van der Waals surface area contributed by atoms with E-state index in [1.807, 2.05) is 47.4 Å². The maximum absolute atomic E-state index is 13.0. The number of amides is 3. The monoisotopic (exact) mass is 343 g/mol. The summed E-state index contributed by atoms with van der Waals surface area (Å²) in [6.07, 6.45) is 5.72. The van der Waals surface area contributed by atoms with Gasteiger partial charge in [0.05, 0.1) is 5.92 Å². The van der Waals surface area contributed by atoms with E-state index >= 15 is 0 Å². The molecule has 0 spiro atoms. The summed E-state index contributed by atoms with van der Waals surface area (Å²) in [5.41, 5.74) is 6.50. The summed E-state index contributed by atoms with van der Waals surface area (Å²) >= 11 is 0. The minimum atomic E-state index is -0.433. The molecule has 1 aromatic carbocycles. The minimum absolute atomic E-state index is 0.123. The van der Waals surface area contributed by atoms with Crippen molar-refractivity contribution >= 4 is 18.0 Å². The molecule has 136 valence electrons. The Bertz CT molecular complexity index is 598. The summed E-state index contributed by atoms with van der Waals surface area (Å²) in [5.74, 6) is 0.368. The molecule has 1 unspecified atom stereocenters. The third-order valence-electron chi connectivity index (χ3n) is 4.42. The number of hydrogen-bond acceptors (Lipinski definition) is 2. The Kier molecular flexibility index (Phi) is 7.04. The molecule has 1 saturated heterocycles. The first kappa shape index (κ1) is 19.0. The number of hydrogen-bond donors (Lipinski definition) is 1. The quantitative estimate of drug-likeness (QED) is 0.863. The Hall–Kier alpha value is -2.30. The van der Waals surface area contributed by atoms with Crippen LogP contribution < -0.4 is 5.73 Å². The molecule has 0 saturated carbocycles. The van der Waals surface area contributed by atoms with Gasteiger partial charge in [-0.3, -0.25) is 4.79 Å². The van der Waals surface area contributed by atoms with Crippen molar-refractivity contribution in [1.82, 2.24) is 9.80 Å². The largest absolute Gasteiger partial charge is 0.351 e. The average Bonchev–Trinajstić information content (AvgIpc) is 2.61. The molecule has 1 aromatic rings. The van der Waals surface area contributed by atoms with Crippen LogP contribution in [0.1, 0.15) is 32.3 Å². The second kappa shape index (κ2) is 9.25. The second-order valence-corrected chi connectivity index (χ2v) is 7.07. The number of likely N-dealkylation sites (tertiary alicyclic amines) is 1. The molecule has 5 heteroatoms. The van der Waals surface area contributed by atoms with Gasteiger partial charge in [-0.05, 0) is 24.3 Å². The molecule has 1 aliphatic heterocycles. The van der Waals surface area contributed by atoms with Crippen LogP contribution in [0, 0.1) is 11.8 Å². The van der Waals surface area contributed by atoms with Crippen molar-refractivity contribution in [2.24, 2.45) is 17.6 Å². The average molecular weight is 343 g/mol. The summed E-state index contributed by atoms with van der Waals surface area (Å²) < 4.78 is 0. The van der Waals surface area contributed by atoms with Gasteiger partial charge in [0, 0.05) is 26.2 Å². The lowest BCUT2D eigenvalue weighted by atomic mass is 9.96. The number of rotatable bonds is 6. The van der Waals surface area contributed by atoms with E-state index in [9.17, 15) is 9.59 Å². The molecule has 0 radical (unpaired) electrons. The van der Waals surface area contributed by atoms with Crippen LogP contribution in [-0.4, -0.2) is 47.9 Å². The lowest BCUT2D eigenvalue weighted by Crippen LogP contribution is -2.49. The number of piperidine rings is 1. The SMILES string of the molecule is CC(C)CN(CC=Cc1ccccc1)C(=O)C1CCCN(C(N)=O)C1. The zero-order valence-corrected chi connectivity index (χ0v) is 15.2. The normalized spacial score (nSPS) is 17.9. The van der Waals surface area contributed by atoms with E-state index in [0.29, 0.717) is 32.1 Å². The molecule has 2 rings (SSSR count). The molecule has 2 N–H and O–H groups in total. The van der Waals surface area contributed by atoms with Gasteiger partial charge in [-0.25, -0.2) is 4.79 Å². The number of primary amides is 1. The highest BCUT2D eigenvalue weighted by atomic mass is 16.2. The first-order chi connectivity index (χ1) is 12.0. The first-order valence-electron chi connectivity index (χ1n) is 9.02. The summed E-state index contributed by atoms with van der Waals surface area (Å²) in [6.45, 7) is 6.60. The Labute approximate surface area is 150 Å². The van der Waals surface area contributed by atoms with Crippen molar-refractivity contribution in [2.45, 2.75) is 26.7 Å². The van der Waals surface area contributed by atoms with Gasteiger partial charge in [-0.1, -0.05) is 56.3 Å². The van der Waals surface area contributed by atoms with Gasteiger partial charge in [0.1, 0.15) is 0 Å². The van der Waals surface area contributed by atoms with Crippen molar-refractivity contribution in [3.8, 4) is 0 Å². The Morgan fingerprint density at radius 2 is 2.04 bits per heavy atom. The Morgan fingerprint density at radius 1 is 1.32 bits per heavy atom. The van der Waals surface area contributed by atoms with Crippen molar-refractivity contribution in [2.75, 3.05) is 26.2 Å². The van der Waals surface area contributed by atoms with E-state index in [2.05, 4.69) is 13.8 Å². The van der Waals surface area contributed by atoms with E-state index < -0.39 is 6.03 Å². The molecule has 0 aromatic heterocycles. The van der Waals surface area contributed by atoms with E-state index in [1.54, 1.807) is 4.90 Å². The van der Waals surface area contributed by atoms with Crippen molar-refractivity contribution < 1.29 is 9.59 Å². The number of nitrogens with two attached hydrogens (primary N) is 1. The van der Waals surface area contributed by atoms with Crippen LogP contribution in [0.3, 0.4) is 0 Å². The highest BCUT2D eigenvalue weighted by molar-refractivity contribution is 5.81. The fourth-order valence-electron chi connectivity index (χ4n) is 3.21. The van der Waals surface area contributed by atoms with E-state index in [4.69, 9.17) is 5.73 Å². The van der Waals surface area contributed by atoms with Gasteiger partial charge in [-0.2, -0.15) is 0 Å². The maximum Gasteiger partial charge on any atom is 0.314 e. The molecule has 25 heavy (non-hydrogen) atoms. The summed E-state index contributed by atoms with van der Waals surface area (Å²) in [7, 11) is 0. The number of nitrogens with zero attached hydrogens (tertiary/aromatic N) is 2. The van der Waals surface area contributed by atoms with Gasteiger partial charge >= 0.3 is 6.03 Å². The number of benzene rings is 1. The topological polar surface area (TPSA) is 66.6 Å². The van der Waals surface area contributed by atoms with Crippen LogP contribution in [0.25, 0.3) is 6.08 Å². The molecule has 1 atom stereocenters. The predicted molar refractivity (Wildman–Crippen MR) is 101 cm³/mol. The van der Waals surface area contributed by atoms with Crippen molar-refractivity contribution in [3.63, 3.8) is 0 Å². The summed E-state index contributed by atoms with van der Waals surface area (Å²) in [6, 6.07) is 9.62. The third-order valence-corrected chi connectivity index (χ3v) is 4.42. The molecular formula is C20H29N3O2. The smallest absolute Gasteiger partial charge is 0.314 e. The van der Waals surface area contributed by atoms with Crippen LogP contribution in [-0.2, 0) is 4.79 Å². The van der Waals surface area contributed by atoms with E-state index in [-0.39, 0.29) is 11.8 Å². The van der Waals surface area contributed by atoms with Crippen LogP contribution in [0.2, 0.25) is 0 Å². The fraction of sp³-hybridized carbons (Fsp3) is 0.500. The standard InChI is InChI=1S/C20H29N3O2/c1-16(2)14-22(12-6-10-17-8-4-3-5-9-17)19(24)18-11-7-13-23(15-18)20(21)25/h3-6,8-10,16,18H,7,11-15H2,1-2H3,(H2,21,25). The minimum Gasteiger partial charge on any atom is -0.351 e. The van der Waals surface area contributed by atoms with Gasteiger partial charge in [0.25, 0.3) is 0 Å². The van der Waals surface area contributed by atoms with Gasteiger partial charge in [0.2, 0.25) is 5.91 Å². The molecule has 5 nitrogen and oxygen atoms in total. The number of urea groups is 1. The third kappa shape index (κ3) is 5.93. The Morgan fingerprint density at radius 3 is 2.68 bits per heavy atom. The first-order valence-corrected chi connectivity index (χ1v) is 9.02. The second-order valence-electron chi connectivity index (χ2n) is 7.07. The van der Waals surface area contributed by atoms with Crippen LogP contribution in [0.15, 0.2) is 36.4 Å². The zero-order valence-electron chi connectivity index (χ0n) is 15.2. The highest BCUT2D eigenvalue weighted by Crippen LogP contribution is 2.19. The zero-order chi connectivity index (χ0) is 18.2. The molecule has 1 aliphatic rings. The number of carbonyl (C=O) groups is 2. The molecule has 0 bridgehead atoms. The van der Waals surface area contributed by atoms with Gasteiger partial charge in [0.15, 0.2) is 0 Å². The molecule has 1 heterocycles. The van der Waals surface area contributed by atoms with E-state index in [1.165, 1.54) is 0 Å². The molecule has 0 aliphatic carbocycles. The number of carbonyl (C=O) groups excluding carboxylic acids is 2. The highest BCUT2D eigenvalue weighted by Gasteiger charge is 2.30. The predicted octanol–water partition coefficient (Wildman–Crippen LogP) is 2.98. The summed E-state index contributed by atoms with van der Waals surface area (Å²) in [4.78, 5) is 27.9. The van der Waals surface area contributed by atoms with Crippen LogP contribution in [0.5, 0.6) is 0 Å².